The Labute approximate surface area is 204 Å². The van der Waals surface area contributed by atoms with Crippen molar-refractivity contribution in [1.29, 1.82) is 0 Å². The molecule has 1 aromatic carbocycles. The first kappa shape index (κ1) is 24.0. The number of aryl methyl sites for hydroxylation is 1. The summed E-state index contributed by atoms with van der Waals surface area (Å²) in [5, 5.41) is 4.56. The molecular formula is C21H23F3N6O3S2. The number of ether oxygens (including phenoxy) is 1. The summed E-state index contributed by atoms with van der Waals surface area (Å²) in [6, 6.07) is 5.61. The lowest BCUT2D eigenvalue weighted by Crippen LogP contribution is -2.44. The van der Waals surface area contributed by atoms with Crippen molar-refractivity contribution < 1.29 is 26.3 Å². The first-order chi connectivity index (χ1) is 16.6. The van der Waals surface area contributed by atoms with Crippen molar-refractivity contribution >= 4 is 26.7 Å². The molecule has 0 spiro atoms. The number of piperidine rings is 1. The highest BCUT2D eigenvalue weighted by atomic mass is 32.2. The molecule has 4 heterocycles. The number of hydrogen-bond donors (Lipinski definition) is 1. The molecule has 188 valence electrons. The number of anilines is 1. The number of benzene rings is 1. The quantitative estimate of drug-likeness (QED) is 0.536. The van der Waals surface area contributed by atoms with Gasteiger partial charge in [0.2, 0.25) is 5.13 Å². The van der Waals surface area contributed by atoms with E-state index in [0.717, 1.165) is 17.1 Å². The summed E-state index contributed by atoms with van der Waals surface area (Å²) in [7, 11) is -2.17. The van der Waals surface area contributed by atoms with E-state index in [1.54, 1.807) is 30.1 Å². The van der Waals surface area contributed by atoms with Crippen LogP contribution in [0.1, 0.15) is 42.6 Å². The van der Waals surface area contributed by atoms with Gasteiger partial charge in [-0.05, 0) is 25.0 Å². The minimum absolute atomic E-state index is 0.00223. The number of hydrogen-bond acceptors (Lipinski definition) is 8. The predicted octanol–water partition coefficient (Wildman–Crippen LogP) is 3.91. The normalized spacial score (nSPS) is 23.5. The Morgan fingerprint density at radius 3 is 2.71 bits per heavy atom. The largest absolute Gasteiger partial charge is 0.493 e. The molecule has 14 heteroatoms. The molecule has 0 amide bonds. The monoisotopic (exact) mass is 528 g/mol. The fourth-order valence-corrected chi connectivity index (χ4v) is 6.49. The van der Waals surface area contributed by atoms with Crippen molar-refractivity contribution in [2.24, 2.45) is 13.0 Å². The van der Waals surface area contributed by atoms with Crippen LogP contribution in [0, 0.1) is 5.92 Å². The van der Waals surface area contributed by atoms with Crippen LogP contribution < -0.4 is 9.46 Å². The highest BCUT2D eigenvalue weighted by molar-refractivity contribution is 7.93. The van der Waals surface area contributed by atoms with Crippen LogP contribution >= 0.6 is 11.5 Å². The molecule has 1 N–H and O–H groups in total. The van der Waals surface area contributed by atoms with E-state index in [1.165, 1.54) is 18.5 Å². The summed E-state index contributed by atoms with van der Waals surface area (Å²) >= 11 is 0.917. The van der Waals surface area contributed by atoms with Gasteiger partial charge >= 0.3 is 6.18 Å². The number of nitrogens with zero attached hydrogens (tertiary/aromatic N) is 5. The summed E-state index contributed by atoms with van der Waals surface area (Å²) in [5.41, 5.74) is 1.34. The molecule has 0 bridgehead atoms. The number of rotatable bonds is 5. The van der Waals surface area contributed by atoms with E-state index < -0.39 is 28.2 Å². The lowest BCUT2D eigenvalue weighted by molar-refractivity contribution is -0.192. The maximum atomic E-state index is 13.6. The predicted molar refractivity (Wildman–Crippen MR) is 121 cm³/mol. The first-order valence-electron chi connectivity index (χ1n) is 11.0. The first-order valence-corrected chi connectivity index (χ1v) is 13.3. The Morgan fingerprint density at radius 1 is 1.20 bits per heavy atom. The third-order valence-electron chi connectivity index (χ3n) is 6.47. The van der Waals surface area contributed by atoms with Crippen molar-refractivity contribution in [3.63, 3.8) is 0 Å². The van der Waals surface area contributed by atoms with E-state index in [4.69, 9.17) is 4.74 Å². The second-order valence-corrected chi connectivity index (χ2v) is 11.1. The van der Waals surface area contributed by atoms with Gasteiger partial charge in [0.25, 0.3) is 10.0 Å². The Hall–Kier alpha value is -2.71. The van der Waals surface area contributed by atoms with Gasteiger partial charge < -0.3 is 4.74 Å². The lowest BCUT2D eigenvalue weighted by Gasteiger charge is -2.45. The Balaban J connectivity index is 1.45. The molecule has 0 unspecified atom stereocenters. The highest BCUT2D eigenvalue weighted by Crippen LogP contribution is 2.48. The number of likely N-dealkylation sites (tertiary alicyclic amines) is 1. The van der Waals surface area contributed by atoms with Crippen molar-refractivity contribution in [3.8, 4) is 5.75 Å². The Kier molecular flexibility index (Phi) is 6.21. The molecule has 0 aliphatic carbocycles. The standard InChI is InChI=1S/C21H23F3N6O3S2/c1-29-7-5-16(27-29)18-10-13(21(22,23)24)4-8-30(18)17-6-9-33-19-11-14(2-3-15(17)19)35(31,32)28-20-25-12-26-34-20/h2-3,5,7,11-13,17-18H,4,6,8-10H2,1H3,(H,25,26,28)/t13-,17+,18+/m1/s1. The molecule has 2 aromatic heterocycles. The van der Waals surface area contributed by atoms with Crippen molar-refractivity contribution in [2.75, 3.05) is 17.9 Å². The summed E-state index contributed by atoms with van der Waals surface area (Å²) in [6.07, 6.45) is -0.797. The molecule has 3 atom stereocenters. The average molecular weight is 529 g/mol. The SMILES string of the molecule is Cn1ccc([C@@H]2C[C@H](C(F)(F)F)CCN2[C@H]2CCOc3cc(S(=O)(=O)Nc4ncns4)ccc32)n1. The molecule has 35 heavy (non-hydrogen) atoms. The topological polar surface area (TPSA) is 102 Å². The van der Waals surface area contributed by atoms with Crippen LogP contribution in [-0.4, -0.2) is 51.8 Å². The van der Waals surface area contributed by atoms with Crippen LogP contribution in [0.25, 0.3) is 0 Å². The molecular weight excluding hydrogens is 505 g/mol. The maximum absolute atomic E-state index is 13.6. The van der Waals surface area contributed by atoms with Crippen LogP contribution in [-0.2, 0) is 17.1 Å². The van der Waals surface area contributed by atoms with Crippen LogP contribution in [0.3, 0.4) is 0 Å². The third kappa shape index (κ3) is 4.86. The van der Waals surface area contributed by atoms with Crippen molar-refractivity contribution in [2.45, 2.75) is 42.4 Å². The number of aromatic nitrogens is 4. The molecule has 9 nitrogen and oxygen atoms in total. The average Bonchev–Trinajstić information content (AvgIpc) is 3.48. The summed E-state index contributed by atoms with van der Waals surface area (Å²) in [6.45, 7) is 0.563. The lowest BCUT2D eigenvalue weighted by atomic mass is 9.85. The van der Waals surface area contributed by atoms with E-state index in [1.807, 2.05) is 0 Å². The minimum Gasteiger partial charge on any atom is -0.493 e. The Bertz CT molecular complexity index is 1300. The van der Waals surface area contributed by atoms with Crippen LogP contribution in [0.5, 0.6) is 5.75 Å². The smallest absolute Gasteiger partial charge is 0.391 e. The highest BCUT2D eigenvalue weighted by Gasteiger charge is 2.47. The Morgan fingerprint density at radius 2 is 2.03 bits per heavy atom. The number of sulfonamides is 1. The van der Waals surface area contributed by atoms with Crippen LogP contribution in [0.4, 0.5) is 18.3 Å². The second kappa shape index (κ2) is 9.06. The maximum Gasteiger partial charge on any atom is 0.391 e. The van der Waals surface area contributed by atoms with Gasteiger partial charge in [0.05, 0.1) is 29.2 Å². The molecule has 0 radical (unpaired) electrons. The molecule has 3 aromatic rings. The molecule has 2 aliphatic heterocycles. The van der Waals surface area contributed by atoms with Gasteiger partial charge in [0, 0.05) is 55.4 Å². The summed E-state index contributed by atoms with van der Waals surface area (Å²) in [4.78, 5) is 5.90. The zero-order valence-corrected chi connectivity index (χ0v) is 20.3. The van der Waals surface area contributed by atoms with Gasteiger partial charge in [-0.15, -0.1) is 0 Å². The van der Waals surface area contributed by atoms with Gasteiger partial charge in [-0.25, -0.2) is 13.4 Å². The fraction of sp³-hybridized carbons (Fsp3) is 0.476. The van der Waals surface area contributed by atoms with Gasteiger partial charge in [-0.1, -0.05) is 6.07 Å². The molecule has 1 saturated heterocycles. The minimum atomic E-state index is -4.27. The second-order valence-electron chi connectivity index (χ2n) is 8.64. The van der Waals surface area contributed by atoms with E-state index >= 15 is 0 Å². The molecule has 2 aliphatic rings. The number of fused-ring (bicyclic) bond motifs is 1. The summed E-state index contributed by atoms with van der Waals surface area (Å²) < 4.78 is 79.9. The zero-order valence-electron chi connectivity index (χ0n) is 18.6. The van der Waals surface area contributed by atoms with Gasteiger partial charge in [0.15, 0.2) is 0 Å². The van der Waals surface area contributed by atoms with Crippen LogP contribution in [0.15, 0.2) is 41.7 Å². The summed E-state index contributed by atoms with van der Waals surface area (Å²) in [5.74, 6) is -0.997. The third-order valence-corrected chi connectivity index (χ3v) is 8.51. The van der Waals surface area contributed by atoms with Crippen molar-refractivity contribution in [3.05, 3.63) is 48.0 Å². The van der Waals surface area contributed by atoms with E-state index in [9.17, 15) is 21.6 Å². The molecule has 0 saturated carbocycles. The van der Waals surface area contributed by atoms with Gasteiger partial charge in [-0.3, -0.25) is 14.3 Å². The zero-order chi connectivity index (χ0) is 24.8. The van der Waals surface area contributed by atoms with Crippen LogP contribution in [0.2, 0.25) is 0 Å². The molecule has 5 rings (SSSR count). The number of alkyl halides is 3. The van der Waals surface area contributed by atoms with Crippen molar-refractivity contribution in [1.82, 2.24) is 24.0 Å². The van der Waals surface area contributed by atoms with Gasteiger partial charge in [-0.2, -0.15) is 22.6 Å². The van der Waals surface area contributed by atoms with E-state index in [-0.39, 0.29) is 35.5 Å². The van der Waals surface area contributed by atoms with E-state index in [0.29, 0.717) is 24.5 Å². The molecule has 1 fully saturated rings. The van der Waals surface area contributed by atoms with Gasteiger partial charge in [0.1, 0.15) is 12.1 Å². The number of nitrogens with one attached hydrogen (secondary N) is 1. The van der Waals surface area contributed by atoms with E-state index in [2.05, 4.69) is 24.1 Å². The number of halogens is 3. The fourth-order valence-electron chi connectivity index (χ4n) is 4.81.